The van der Waals surface area contributed by atoms with Crippen molar-refractivity contribution in [2.24, 2.45) is 0 Å². The third-order valence-electron chi connectivity index (χ3n) is 4.70. The fourth-order valence-electron chi connectivity index (χ4n) is 3.13. The average molecular weight is 418 g/mol. The van der Waals surface area contributed by atoms with E-state index >= 15 is 0 Å². The molecule has 0 unspecified atom stereocenters. The highest BCUT2D eigenvalue weighted by Gasteiger charge is 2.26. The van der Waals surface area contributed by atoms with Crippen molar-refractivity contribution in [2.45, 2.75) is 18.0 Å². The number of carbonyl (C=O) groups is 1. The zero-order chi connectivity index (χ0) is 20.9. The van der Waals surface area contributed by atoms with Crippen molar-refractivity contribution in [1.82, 2.24) is 14.5 Å². The zero-order valence-corrected chi connectivity index (χ0v) is 17.6. The van der Waals surface area contributed by atoms with Crippen LogP contribution in [0.4, 0.5) is 0 Å². The van der Waals surface area contributed by atoms with E-state index in [2.05, 4.69) is 10.2 Å². The van der Waals surface area contributed by atoms with Crippen molar-refractivity contribution in [1.29, 1.82) is 0 Å². The molecule has 156 valence electrons. The normalized spacial score (nSPS) is 15.4. The summed E-state index contributed by atoms with van der Waals surface area (Å²) in [5.41, 5.74) is 2.64. The SMILES string of the molecule is CN(C)Cc1ccc(CNC(=O)c2ccc(S(=O)(=O)N3CCOCC3)cc2)cc1. The number of nitrogens with one attached hydrogen (secondary N) is 1. The summed E-state index contributed by atoms with van der Waals surface area (Å²) in [6.07, 6.45) is 0. The second-order valence-electron chi connectivity index (χ2n) is 7.28. The van der Waals surface area contributed by atoms with Gasteiger partial charge < -0.3 is 15.0 Å². The molecule has 0 bridgehead atoms. The van der Waals surface area contributed by atoms with E-state index in [-0.39, 0.29) is 10.8 Å². The number of hydrogen-bond acceptors (Lipinski definition) is 5. The average Bonchev–Trinajstić information content (AvgIpc) is 2.73. The molecule has 8 heteroatoms. The molecule has 1 amide bonds. The predicted molar refractivity (Wildman–Crippen MR) is 111 cm³/mol. The number of nitrogens with zero attached hydrogens (tertiary/aromatic N) is 2. The summed E-state index contributed by atoms with van der Waals surface area (Å²) in [7, 11) is 0.484. The molecule has 2 aromatic carbocycles. The molecule has 1 saturated heterocycles. The summed E-state index contributed by atoms with van der Waals surface area (Å²) < 4.78 is 31.9. The van der Waals surface area contributed by atoms with Gasteiger partial charge in [0.2, 0.25) is 10.0 Å². The maximum Gasteiger partial charge on any atom is 0.251 e. The fraction of sp³-hybridized carbons (Fsp3) is 0.381. The van der Waals surface area contributed by atoms with Crippen LogP contribution in [0.25, 0.3) is 0 Å². The van der Waals surface area contributed by atoms with Gasteiger partial charge in [-0.25, -0.2) is 8.42 Å². The second kappa shape index (κ2) is 9.49. The zero-order valence-electron chi connectivity index (χ0n) is 16.8. The summed E-state index contributed by atoms with van der Waals surface area (Å²) in [4.78, 5) is 14.7. The van der Waals surface area contributed by atoms with Crippen LogP contribution in [-0.4, -0.2) is 63.9 Å². The van der Waals surface area contributed by atoms with Gasteiger partial charge in [-0.05, 0) is 49.5 Å². The Labute approximate surface area is 172 Å². The molecule has 0 spiro atoms. The van der Waals surface area contributed by atoms with Crippen LogP contribution in [0, 0.1) is 0 Å². The Balaban J connectivity index is 1.59. The molecule has 0 radical (unpaired) electrons. The molecule has 1 heterocycles. The highest BCUT2D eigenvalue weighted by Crippen LogP contribution is 2.18. The first-order valence-electron chi connectivity index (χ1n) is 9.55. The standard InChI is InChI=1S/C21H27N3O4S/c1-23(2)16-18-5-3-17(4-6-18)15-22-21(25)19-7-9-20(10-8-19)29(26,27)24-11-13-28-14-12-24/h3-10H,11-16H2,1-2H3,(H,22,25). The van der Waals surface area contributed by atoms with E-state index < -0.39 is 10.0 Å². The van der Waals surface area contributed by atoms with Crippen LogP contribution < -0.4 is 5.32 Å². The van der Waals surface area contributed by atoms with Crippen molar-refractivity contribution in [3.63, 3.8) is 0 Å². The van der Waals surface area contributed by atoms with Gasteiger partial charge in [0.25, 0.3) is 5.91 Å². The van der Waals surface area contributed by atoms with Crippen molar-refractivity contribution < 1.29 is 17.9 Å². The van der Waals surface area contributed by atoms with Crippen molar-refractivity contribution in [3.05, 3.63) is 65.2 Å². The fourth-order valence-corrected chi connectivity index (χ4v) is 4.53. The van der Waals surface area contributed by atoms with E-state index in [1.807, 2.05) is 38.4 Å². The van der Waals surface area contributed by atoms with Crippen LogP contribution in [0.1, 0.15) is 21.5 Å². The van der Waals surface area contributed by atoms with Crippen LogP contribution in [0.5, 0.6) is 0 Å². The number of amides is 1. The van der Waals surface area contributed by atoms with E-state index in [0.29, 0.717) is 38.4 Å². The molecule has 1 fully saturated rings. The minimum absolute atomic E-state index is 0.187. The lowest BCUT2D eigenvalue weighted by Gasteiger charge is -2.26. The molecule has 29 heavy (non-hydrogen) atoms. The molecule has 1 aliphatic rings. The molecule has 1 N–H and O–H groups in total. The smallest absolute Gasteiger partial charge is 0.251 e. The molecular weight excluding hydrogens is 390 g/mol. The van der Waals surface area contributed by atoms with E-state index in [9.17, 15) is 13.2 Å². The summed E-state index contributed by atoms with van der Waals surface area (Å²) >= 11 is 0. The number of hydrogen-bond donors (Lipinski definition) is 1. The van der Waals surface area contributed by atoms with E-state index in [1.54, 1.807) is 12.1 Å². The number of morpholine rings is 1. The van der Waals surface area contributed by atoms with Crippen LogP contribution in [0.2, 0.25) is 0 Å². The molecule has 0 saturated carbocycles. The van der Waals surface area contributed by atoms with Crippen LogP contribution >= 0.6 is 0 Å². The molecule has 7 nitrogen and oxygen atoms in total. The number of ether oxygens (including phenoxy) is 1. The third-order valence-corrected chi connectivity index (χ3v) is 6.61. The lowest BCUT2D eigenvalue weighted by molar-refractivity contribution is 0.0730. The van der Waals surface area contributed by atoms with E-state index in [1.165, 1.54) is 22.0 Å². The van der Waals surface area contributed by atoms with Gasteiger partial charge in [-0.2, -0.15) is 4.31 Å². The molecule has 3 rings (SSSR count). The third kappa shape index (κ3) is 5.63. The Bertz CT molecular complexity index is 919. The number of benzene rings is 2. The lowest BCUT2D eigenvalue weighted by Crippen LogP contribution is -2.40. The van der Waals surface area contributed by atoms with Crippen molar-refractivity contribution in [3.8, 4) is 0 Å². The van der Waals surface area contributed by atoms with Crippen LogP contribution in [-0.2, 0) is 27.8 Å². The van der Waals surface area contributed by atoms with Gasteiger partial charge in [-0.3, -0.25) is 4.79 Å². The molecular formula is C21H27N3O4S. The topological polar surface area (TPSA) is 79.0 Å². The Morgan fingerprint density at radius 2 is 1.59 bits per heavy atom. The first kappa shape index (κ1) is 21.4. The molecule has 2 aromatic rings. The maximum atomic E-state index is 12.6. The Hall–Kier alpha value is -2.26. The van der Waals surface area contributed by atoms with Crippen molar-refractivity contribution in [2.75, 3.05) is 40.4 Å². The summed E-state index contributed by atoms with van der Waals surface area (Å²) in [6.45, 7) is 2.77. The Kier molecular flexibility index (Phi) is 7.02. The molecule has 0 atom stereocenters. The highest BCUT2D eigenvalue weighted by atomic mass is 32.2. The van der Waals surface area contributed by atoms with Gasteiger partial charge in [0.05, 0.1) is 18.1 Å². The first-order chi connectivity index (χ1) is 13.9. The van der Waals surface area contributed by atoms with Gasteiger partial charge in [-0.1, -0.05) is 24.3 Å². The van der Waals surface area contributed by atoms with Gasteiger partial charge in [0, 0.05) is 31.7 Å². The number of sulfonamides is 1. The van der Waals surface area contributed by atoms with Gasteiger partial charge in [-0.15, -0.1) is 0 Å². The van der Waals surface area contributed by atoms with Gasteiger partial charge >= 0.3 is 0 Å². The van der Waals surface area contributed by atoms with Gasteiger partial charge in [0.1, 0.15) is 0 Å². The monoisotopic (exact) mass is 417 g/mol. The molecule has 0 aromatic heterocycles. The van der Waals surface area contributed by atoms with Gasteiger partial charge in [0.15, 0.2) is 0 Å². The van der Waals surface area contributed by atoms with Crippen LogP contribution in [0.3, 0.4) is 0 Å². The molecule has 1 aliphatic heterocycles. The largest absolute Gasteiger partial charge is 0.379 e. The van der Waals surface area contributed by atoms with Crippen molar-refractivity contribution >= 4 is 15.9 Å². The highest BCUT2D eigenvalue weighted by molar-refractivity contribution is 7.89. The summed E-state index contributed by atoms with van der Waals surface area (Å²) in [5, 5.41) is 2.87. The predicted octanol–water partition coefficient (Wildman–Crippen LogP) is 1.70. The summed E-state index contributed by atoms with van der Waals surface area (Å²) in [6, 6.07) is 14.1. The Morgan fingerprint density at radius 3 is 2.17 bits per heavy atom. The molecule has 0 aliphatic carbocycles. The number of carbonyl (C=O) groups excluding carboxylic acids is 1. The number of rotatable bonds is 7. The quantitative estimate of drug-likeness (QED) is 0.742. The van der Waals surface area contributed by atoms with E-state index in [4.69, 9.17) is 4.74 Å². The Morgan fingerprint density at radius 1 is 1.00 bits per heavy atom. The second-order valence-corrected chi connectivity index (χ2v) is 9.22. The maximum absolute atomic E-state index is 12.6. The lowest BCUT2D eigenvalue weighted by atomic mass is 10.1. The van der Waals surface area contributed by atoms with Crippen LogP contribution in [0.15, 0.2) is 53.4 Å². The first-order valence-corrected chi connectivity index (χ1v) is 11.0. The summed E-state index contributed by atoms with van der Waals surface area (Å²) in [5.74, 6) is -0.238. The minimum atomic E-state index is -3.55. The minimum Gasteiger partial charge on any atom is -0.379 e. The van der Waals surface area contributed by atoms with E-state index in [0.717, 1.165) is 12.1 Å².